The van der Waals surface area contributed by atoms with Gasteiger partial charge in [0, 0.05) is 6.04 Å². The topological polar surface area (TPSA) is 59.0 Å². The highest BCUT2D eigenvalue weighted by molar-refractivity contribution is 6.32. The zero-order chi connectivity index (χ0) is 15.4. The molecule has 5 heteroatoms. The molecule has 0 bridgehead atoms. The molecular formula is C16H14ClFN2O. The molecule has 2 N–H and O–H groups in total. The SMILES string of the molecule is C[C@@H](N)c1ccc(OCc2ccc(F)c(C#N)c2)c(Cl)c1. The van der Waals surface area contributed by atoms with Gasteiger partial charge in [0.05, 0.1) is 10.6 Å². The lowest BCUT2D eigenvalue weighted by molar-refractivity contribution is 0.306. The van der Waals surface area contributed by atoms with E-state index >= 15 is 0 Å². The second kappa shape index (κ2) is 6.57. The van der Waals surface area contributed by atoms with Crippen molar-refractivity contribution < 1.29 is 9.13 Å². The Labute approximate surface area is 127 Å². The molecule has 0 unspecified atom stereocenters. The summed E-state index contributed by atoms with van der Waals surface area (Å²) in [7, 11) is 0. The zero-order valence-corrected chi connectivity index (χ0v) is 12.2. The zero-order valence-electron chi connectivity index (χ0n) is 11.4. The number of nitriles is 1. The van der Waals surface area contributed by atoms with Crippen molar-refractivity contribution in [1.82, 2.24) is 0 Å². The van der Waals surface area contributed by atoms with E-state index in [-0.39, 0.29) is 18.2 Å². The average molecular weight is 305 g/mol. The van der Waals surface area contributed by atoms with Crippen molar-refractivity contribution in [1.29, 1.82) is 5.26 Å². The summed E-state index contributed by atoms with van der Waals surface area (Å²) >= 11 is 6.13. The summed E-state index contributed by atoms with van der Waals surface area (Å²) in [4.78, 5) is 0. The van der Waals surface area contributed by atoms with Gasteiger partial charge in [-0.25, -0.2) is 4.39 Å². The Bertz CT molecular complexity index is 695. The summed E-state index contributed by atoms with van der Waals surface area (Å²) in [6, 6.07) is 11.3. The van der Waals surface area contributed by atoms with E-state index in [4.69, 9.17) is 27.3 Å². The Morgan fingerprint density at radius 2 is 2.10 bits per heavy atom. The van der Waals surface area contributed by atoms with Crippen LogP contribution < -0.4 is 10.5 Å². The fraction of sp³-hybridized carbons (Fsp3) is 0.188. The van der Waals surface area contributed by atoms with Crippen molar-refractivity contribution in [3.8, 4) is 11.8 Å². The van der Waals surface area contributed by atoms with Crippen LogP contribution in [0.1, 0.15) is 29.7 Å². The molecule has 0 aliphatic carbocycles. The molecule has 0 spiro atoms. The molecule has 0 amide bonds. The van der Waals surface area contributed by atoms with Crippen LogP contribution in [-0.2, 0) is 6.61 Å². The lowest BCUT2D eigenvalue weighted by atomic mass is 10.1. The molecule has 0 radical (unpaired) electrons. The van der Waals surface area contributed by atoms with E-state index < -0.39 is 5.82 Å². The van der Waals surface area contributed by atoms with Crippen molar-refractivity contribution in [2.75, 3.05) is 0 Å². The summed E-state index contributed by atoms with van der Waals surface area (Å²) in [6.07, 6.45) is 0. The monoisotopic (exact) mass is 304 g/mol. The summed E-state index contributed by atoms with van der Waals surface area (Å²) in [6.45, 7) is 2.07. The van der Waals surface area contributed by atoms with Gasteiger partial charge >= 0.3 is 0 Å². The fourth-order valence-electron chi connectivity index (χ4n) is 1.83. The Morgan fingerprint density at radius 1 is 1.33 bits per heavy atom. The van der Waals surface area contributed by atoms with Crippen LogP contribution in [0.5, 0.6) is 5.75 Å². The van der Waals surface area contributed by atoms with Crippen LogP contribution >= 0.6 is 11.6 Å². The standard InChI is InChI=1S/C16H14ClFN2O/c1-10(20)12-3-5-16(14(17)7-12)21-9-11-2-4-15(18)13(6-11)8-19/h2-7,10H,9,20H2,1H3/t10-/m1/s1. The minimum atomic E-state index is -0.541. The van der Waals surface area contributed by atoms with E-state index in [0.29, 0.717) is 16.3 Å². The van der Waals surface area contributed by atoms with Crippen LogP contribution in [0.15, 0.2) is 36.4 Å². The third kappa shape index (κ3) is 3.72. The summed E-state index contributed by atoms with van der Waals surface area (Å²) in [5.74, 6) is -0.0236. The van der Waals surface area contributed by atoms with Crippen LogP contribution in [0.3, 0.4) is 0 Å². The summed E-state index contributed by atoms with van der Waals surface area (Å²) in [5.41, 5.74) is 7.39. The molecule has 108 valence electrons. The van der Waals surface area contributed by atoms with E-state index in [2.05, 4.69) is 0 Å². The molecule has 0 fully saturated rings. The predicted molar refractivity (Wildman–Crippen MR) is 79.5 cm³/mol. The van der Waals surface area contributed by atoms with Crippen molar-refractivity contribution in [3.63, 3.8) is 0 Å². The average Bonchev–Trinajstić information content (AvgIpc) is 2.47. The Balaban J connectivity index is 2.12. The van der Waals surface area contributed by atoms with Crippen LogP contribution in [-0.4, -0.2) is 0 Å². The second-order valence-corrected chi connectivity index (χ2v) is 5.10. The molecule has 2 aromatic carbocycles. The lowest BCUT2D eigenvalue weighted by Crippen LogP contribution is -2.05. The molecule has 0 aliphatic rings. The largest absolute Gasteiger partial charge is 0.487 e. The third-order valence-corrected chi connectivity index (χ3v) is 3.32. The smallest absolute Gasteiger partial charge is 0.140 e. The van der Waals surface area contributed by atoms with Gasteiger partial charge in [-0.3, -0.25) is 0 Å². The highest BCUT2D eigenvalue weighted by Crippen LogP contribution is 2.28. The van der Waals surface area contributed by atoms with Crippen molar-refractivity contribution in [3.05, 3.63) is 63.9 Å². The molecule has 0 aliphatic heterocycles. The van der Waals surface area contributed by atoms with E-state index in [1.807, 2.05) is 13.0 Å². The summed E-state index contributed by atoms with van der Waals surface area (Å²) in [5, 5.41) is 9.26. The Kier molecular flexibility index (Phi) is 4.79. The molecule has 21 heavy (non-hydrogen) atoms. The number of nitrogens with two attached hydrogens (primary N) is 1. The number of ether oxygens (including phenoxy) is 1. The number of hydrogen-bond acceptors (Lipinski definition) is 3. The van der Waals surface area contributed by atoms with Gasteiger partial charge < -0.3 is 10.5 Å². The molecule has 3 nitrogen and oxygen atoms in total. The van der Waals surface area contributed by atoms with Crippen molar-refractivity contribution in [2.45, 2.75) is 19.6 Å². The van der Waals surface area contributed by atoms with Gasteiger partial charge in [-0.15, -0.1) is 0 Å². The number of nitrogens with zero attached hydrogens (tertiary/aromatic N) is 1. The number of halogens is 2. The van der Waals surface area contributed by atoms with Gasteiger partial charge in [-0.05, 0) is 42.3 Å². The van der Waals surface area contributed by atoms with Gasteiger partial charge in [0.25, 0.3) is 0 Å². The minimum absolute atomic E-state index is 0.00509. The first kappa shape index (κ1) is 15.3. The number of rotatable bonds is 4. The maximum atomic E-state index is 13.2. The van der Waals surface area contributed by atoms with Crippen LogP contribution in [0.2, 0.25) is 5.02 Å². The molecule has 0 saturated heterocycles. The first-order valence-electron chi connectivity index (χ1n) is 6.37. The molecule has 2 rings (SSSR count). The minimum Gasteiger partial charge on any atom is -0.487 e. The highest BCUT2D eigenvalue weighted by atomic mass is 35.5. The van der Waals surface area contributed by atoms with Gasteiger partial charge in [-0.2, -0.15) is 5.26 Å². The highest BCUT2D eigenvalue weighted by Gasteiger charge is 2.07. The Morgan fingerprint density at radius 3 is 2.71 bits per heavy atom. The molecule has 1 atom stereocenters. The quantitative estimate of drug-likeness (QED) is 0.930. The van der Waals surface area contributed by atoms with Gasteiger partial charge in [0.2, 0.25) is 0 Å². The van der Waals surface area contributed by atoms with E-state index in [1.54, 1.807) is 24.3 Å². The number of benzene rings is 2. The molecular weight excluding hydrogens is 291 g/mol. The van der Waals surface area contributed by atoms with Gasteiger partial charge in [0.15, 0.2) is 0 Å². The molecule has 2 aromatic rings. The van der Waals surface area contributed by atoms with Crippen LogP contribution in [0.25, 0.3) is 0 Å². The molecule has 0 saturated carbocycles. The predicted octanol–water partition coefficient (Wildman–Crippen LogP) is 3.95. The fourth-order valence-corrected chi connectivity index (χ4v) is 2.07. The van der Waals surface area contributed by atoms with Gasteiger partial charge in [-0.1, -0.05) is 23.7 Å². The van der Waals surface area contributed by atoms with E-state index in [1.165, 1.54) is 12.1 Å². The molecule has 0 aromatic heterocycles. The first-order valence-corrected chi connectivity index (χ1v) is 6.75. The maximum absolute atomic E-state index is 13.2. The van der Waals surface area contributed by atoms with E-state index in [9.17, 15) is 4.39 Å². The van der Waals surface area contributed by atoms with Crippen molar-refractivity contribution >= 4 is 11.6 Å². The van der Waals surface area contributed by atoms with Crippen molar-refractivity contribution in [2.24, 2.45) is 5.73 Å². The third-order valence-electron chi connectivity index (χ3n) is 3.03. The number of hydrogen-bond donors (Lipinski definition) is 1. The van der Waals surface area contributed by atoms with E-state index in [0.717, 1.165) is 5.56 Å². The van der Waals surface area contributed by atoms with Crippen LogP contribution in [0, 0.1) is 17.1 Å². The lowest BCUT2D eigenvalue weighted by Gasteiger charge is -2.11. The van der Waals surface area contributed by atoms with Crippen LogP contribution in [0.4, 0.5) is 4.39 Å². The Hall–Kier alpha value is -2.09. The summed E-state index contributed by atoms with van der Waals surface area (Å²) < 4.78 is 18.8. The first-order chi connectivity index (χ1) is 10.0. The molecule has 0 heterocycles. The normalized spacial score (nSPS) is 11.8. The van der Waals surface area contributed by atoms with Gasteiger partial charge in [0.1, 0.15) is 24.2 Å². The second-order valence-electron chi connectivity index (χ2n) is 4.69. The maximum Gasteiger partial charge on any atom is 0.140 e.